The molecule has 0 unspecified atom stereocenters. The fraction of sp³-hybridized carbons (Fsp3) is 0.161. The second-order valence-electron chi connectivity index (χ2n) is 9.88. The normalized spacial score (nSPS) is 11.3. The van der Waals surface area contributed by atoms with Gasteiger partial charge in [0.2, 0.25) is 11.8 Å². The first-order chi connectivity index (χ1) is 21.6. The average Bonchev–Trinajstić information content (AvgIpc) is 3.00. The van der Waals surface area contributed by atoms with Gasteiger partial charge in [0.15, 0.2) is 0 Å². The number of carbonyl (C=O) groups is 1. The first-order valence-electron chi connectivity index (χ1n) is 13.6. The van der Waals surface area contributed by atoms with Crippen molar-refractivity contribution in [1.29, 1.82) is 0 Å². The summed E-state index contributed by atoms with van der Waals surface area (Å²) in [5.41, 5.74) is 9.07. The van der Waals surface area contributed by atoms with Gasteiger partial charge in [0.25, 0.3) is 10.0 Å². The molecule has 14 heteroatoms. The van der Waals surface area contributed by atoms with Crippen molar-refractivity contribution in [3.8, 4) is 22.8 Å². The number of ether oxygens (including phenoxy) is 2. The zero-order chi connectivity index (χ0) is 32.1. The standard InChI is InChI=1S/C31H28F2N6O5S/c1-18-22-12-19(20-13-26(31(43-2)35-16-20)39-45(41,42)28-10-9-21(32)15-23(28)33)14-27(30(22)37-17-36-18)44-11-5-8-29(40)38-25-7-4-3-6-24(25)34/h3-4,6-7,9-10,12-17,39H,5,8,11,34H2,1-2H3,(H,38,40). The Balaban J connectivity index is 1.40. The number of nitrogens with one attached hydrogen (secondary N) is 2. The molecule has 0 aliphatic heterocycles. The summed E-state index contributed by atoms with van der Waals surface area (Å²) in [5.74, 6) is -2.04. The number of rotatable bonds is 11. The van der Waals surface area contributed by atoms with Crippen molar-refractivity contribution in [1.82, 2.24) is 15.0 Å². The van der Waals surface area contributed by atoms with E-state index in [1.165, 1.54) is 25.7 Å². The molecular weight excluding hydrogens is 606 g/mol. The van der Waals surface area contributed by atoms with Crippen LogP contribution in [0, 0.1) is 18.6 Å². The molecule has 0 radical (unpaired) electrons. The number of amides is 1. The van der Waals surface area contributed by atoms with Crippen LogP contribution in [0.5, 0.6) is 11.6 Å². The molecule has 0 saturated heterocycles. The largest absolute Gasteiger partial charge is 0.491 e. The molecule has 0 bridgehead atoms. The number of pyridine rings is 1. The molecule has 2 aromatic heterocycles. The van der Waals surface area contributed by atoms with Crippen molar-refractivity contribution in [2.24, 2.45) is 0 Å². The van der Waals surface area contributed by atoms with Gasteiger partial charge in [0, 0.05) is 35.3 Å². The lowest BCUT2D eigenvalue weighted by molar-refractivity contribution is -0.116. The smallest absolute Gasteiger partial charge is 0.264 e. The number of carbonyl (C=O) groups excluding carboxylic acids is 1. The zero-order valence-electron chi connectivity index (χ0n) is 24.2. The third-order valence-corrected chi connectivity index (χ3v) is 8.15. The Bertz CT molecular complexity index is 2010. The highest BCUT2D eigenvalue weighted by Gasteiger charge is 2.23. The van der Waals surface area contributed by atoms with Gasteiger partial charge in [-0.1, -0.05) is 12.1 Å². The average molecular weight is 635 g/mol. The molecule has 0 fully saturated rings. The fourth-order valence-electron chi connectivity index (χ4n) is 4.51. The highest BCUT2D eigenvalue weighted by Crippen LogP contribution is 2.36. The minimum atomic E-state index is -4.48. The van der Waals surface area contributed by atoms with Crippen LogP contribution in [0.3, 0.4) is 0 Å². The van der Waals surface area contributed by atoms with Crippen LogP contribution >= 0.6 is 0 Å². The molecule has 0 atom stereocenters. The number of nitrogens with zero attached hydrogens (tertiary/aromatic N) is 3. The van der Waals surface area contributed by atoms with Gasteiger partial charge in [-0.25, -0.2) is 32.2 Å². The third-order valence-electron chi connectivity index (χ3n) is 6.75. The molecule has 232 valence electrons. The predicted octanol–water partition coefficient (Wildman–Crippen LogP) is 5.47. The second kappa shape index (κ2) is 13.1. The Hall–Kier alpha value is -5.37. The van der Waals surface area contributed by atoms with Crippen LogP contribution < -0.4 is 25.2 Å². The highest BCUT2D eigenvalue weighted by molar-refractivity contribution is 7.92. The Kier molecular flexibility index (Phi) is 9.04. The summed E-state index contributed by atoms with van der Waals surface area (Å²) in [6.45, 7) is 1.99. The van der Waals surface area contributed by atoms with Crippen LogP contribution in [-0.2, 0) is 14.8 Å². The van der Waals surface area contributed by atoms with Gasteiger partial charge in [0.05, 0.1) is 25.1 Å². The van der Waals surface area contributed by atoms with Gasteiger partial charge in [-0.2, -0.15) is 0 Å². The molecule has 0 aliphatic carbocycles. The first kappa shape index (κ1) is 31.1. The van der Waals surface area contributed by atoms with Gasteiger partial charge in [0.1, 0.15) is 39.8 Å². The molecule has 5 aromatic rings. The maximum Gasteiger partial charge on any atom is 0.264 e. The van der Waals surface area contributed by atoms with E-state index in [0.717, 1.165) is 12.1 Å². The molecule has 45 heavy (non-hydrogen) atoms. The number of nitrogen functional groups attached to an aromatic ring is 1. The van der Waals surface area contributed by atoms with E-state index in [4.69, 9.17) is 15.2 Å². The molecule has 3 aromatic carbocycles. The monoisotopic (exact) mass is 634 g/mol. The summed E-state index contributed by atoms with van der Waals surface area (Å²) in [6, 6.07) is 14.1. The molecular formula is C31H28F2N6O5S. The van der Waals surface area contributed by atoms with Gasteiger partial charge in [-0.05, 0) is 61.4 Å². The number of hydrogen-bond donors (Lipinski definition) is 3. The summed E-state index contributed by atoms with van der Waals surface area (Å²) in [4.78, 5) is 24.6. The quantitative estimate of drug-likeness (QED) is 0.127. The molecule has 2 heterocycles. The Morgan fingerprint density at radius 2 is 1.78 bits per heavy atom. The van der Waals surface area contributed by atoms with Crippen LogP contribution in [0.4, 0.5) is 25.8 Å². The number of sulfonamides is 1. The van der Waals surface area contributed by atoms with Crippen LogP contribution in [0.2, 0.25) is 0 Å². The number of hydrogen-bond acceptors (Lipinski definition) is 9. The van der Waals surface area contributed by atoms with Crippen molar-refractivity contribution in [2.75, 3.05) is 29.5 Å². The van der Waals surface area contributed by atoms with E-state index >= 15 is 0 Å². The number of methoxy groups -OCH3 is 1. The van der Waals surface area contributed by atoms with E-state index in [9.17, 15) is 22.0 Å². The second-order valence-corrected chi connectivity index (χ2v) is 11.5. The highest BCUT2D eigenvalue weighted by atomic mass is 32.2. The Morgan fingerprint density at radius 1 is 0.978 bits per heavy atom. The summed E-state index contributed by atoms with van der Waals surface area (Å²) in [6.07, 6.45) is 3.46. The van der Waals surface area contributed by atoms with E-state index in [2.05, 4.69) is 25.0 Å². The molecule has 1 amide bonds. The summed E-state index contributed by atoms with van der Waals surface area (Å²) in [5, 5.41) is 3.45. The van der Waals surface area contributed by atoms with Crippen molar-refractivity contribution >= 4 is 43.9 Å². The summed E-state index contributed by atoms with van der Waals surface area (Å²) >= 11 is 0. The lowest BCUT2D eigenvalue weighted by atomic mass is 10.0. The fourth-order valence-corrected chi connectivity index (χ4v) is 5.62. The number of aromatic nitrogens is 3. The minimum Gasteiger partial charge on any atom is -0.491 e. The third kappa shape index (κ3) is 7.07. The van der Waals surface area contributed by atoms with Crippen molar-refractivity contribution in [2.45, 2.75) is 24.7 Å². The number of anilines is 3. The number of para-hydroxylation sites is 2. The lowest BCUT2D eigenvalue weighted by Gasteiger charge is -2.15. The van der Waals surface area contributed by atoms with E-state index in [1.54, 1.807) is 43.3 Å². The number of nitrogens with two attached hydrogens (primary N) is 1. The summed E-state index contributed by atoms with van der Waals surface area (Å²) < 4.78 is 67.3. The number of halogens is 2. The van der Waals surface area contributed by atoms with Crippen LogP contribution in [0.1, 0.15) is 18.5 Å². The topological polar surface area (TPSA) is 158 Å². The molecule has 5 rings (SSSR count). The van der Waals surface area contributed by atoms with Crippen LogP contribution in [0.25, 0.3) is 22.0 Å². The lowest BCUT2D eigenvalue weighted by Crippen LogP contribution is -2.15. The maximum atomic E-state index is 14.3. The SMILES string of the molecule is COc1ncc(-c2cc(OCCCC(=O)Nc3ccccc3N)c3ncnc(C)c3c2)cc1NS(=O)(=O)c1ccc(F)cc1F. The van der Waals surface area contributed by atoms with Gasteiger partial charge in [-0.3, -0.25) is 9.52 Å². The zero-order valence-corrected chi connectivity index (χ0v) is 25.0. The van der Waals surface area contributed by atoms with Crippen molar-refractivity contribution in [3.63, 3.8) is 0 Å². The van der Waals surface area contributed by atoms with Gasteiger partial charge < -0.3 is 20.5 Å². The summed E-state index contributed by atoms with van der Waals surface area (Å²) in [7, 11) is -3.18. The number of fused-ring (bicyclic) bond motifs is 1. The molecule has 11 nitrogen and oxygen atoms in total. The van der Waals surface area contributed by atoms with E-state index < -0.39 is 26.6 Å². The Morgan fingerprint density at radius 3 is 2.53 bits per heavy atom. The molecule has 0 saturated carbocycles. The molecule has 0 spiro atoms. The number of aryl methyl sites for hydroxylation is 1. The van der Waals surface area contributed by atoms with Crippen LogP contribution in [0.15, 0.2) is 78.1 Å². The van der Waals surface area contributed by atoms with Gasteiger partial charge in [-0.15, -0.1) is 0 Å². The van der Waals surface area contributed by atoms with E-state index in [0.29, 0.717) is 57.3 Å². The molecule has 4 N–H and O–H groups in total. The van der Waals surface area contributed by atoms with Gasteiger partial charge >= 0.3 is 0 Å². The Labute approximate surface area is 257 Å². The number of benzene rings is 3. The first-order valence-corrected chi connectivity index (χ1v) is 15.1. The van der Waals surface area contributed by atoms with Crippen molar-refractivity contribution < 1.29 is 31.5 Å². The van der Waals surface area contributed by atoms with Crippen molar-refractivity contribution in [3.05, 3.63) is 90.5 Å². The van der Waals surface area contributed by atoms with Crippen LogP contribution in [-0.4, -0.2) is 43.0 Å². The minimum absolute atomic E-state index is 0.0721. The van der Waals surface area contributed by atoms with E-state index in [-0.39, 0.29) is 30.5 Å². The maximum absolute atomic E-state index is 14.3. The predicted molar refractivity (Wildman–Crippen MR) is 165 cm³/mol. The van der Waals surface area contributed by atoms with E-state index in [1.807, 2.05) is 0 Å². The molecule has 0 aliphatic rings.